The summed E-state index contributed by atoms with van der Waals surface area (Å²) in [4.78, 5) is 0. The summed E-state index contributed by atoms with van der Waals surface area (Å²) >= 11 is 0. The fraction of sp³-hybridized carbons (Fsp3) is 0.571. The van der Waals surface area contributed by atoms with E-state index in [1.54, 1.807) is 13.0 Å². The van der Waals surface area contributed by atoms with E-state index in [1.165, 1.54) is 6.07 Å². The minimum absolute atomic E-state index is 0.121. The molecule has 0 fully saturated rings. The van der Waals surface area contributed by atoms with Gasteiger partial charge in [-0.3, -0.25) is 0 Å². The second-order valence-electron chi connectivity index (χ2n) is 4.34. The first-order chi connectivity index (χ1) is 8.13. The average Bonchev–Trinajstić information content (AvgIpc) is 2.30. The van der Waals surface area contributed by atoms with E-state index in [4.69, 9.17) is 4.74 Å². The number of halogens is 1. The Morgan fingerprint density at radius 2 is 2.18 bits per heavy atom. The summed E-state index contributed by atoms with van der Waals surface area (Å²) in [6.07, 6.45) is 2.17. The van der Waals surface area contributed by atoms with Crippen LogP contribution in [0.15, 0.2) is 18.2 Å². The average molecular weight is 239 g/mol. The molecular weight excluding hydrogens is 217 g/mol. The van der Waals surface area contributed by atoms with Crippen molar-refractivity contribution in [1.29, 1.82) is 0 Å². The van der Waals surface area contributed by atoms with E-state index in [0.29, 0.717) is 11.3 Å². The number of rotatable bonds is 7. The van der Waals surface area contributed by atoms with Crippen molar-refractivity contribution in [3.63, 3.8) is 0 Å². The van der Waals surface area contributed by atoms with Crippen LogP contribution in [0.4, 0.5) is 4.39 Å². The molecule has 0 aliphatic carbocycles. The van der Waals surface area contributed by atoms with E-state index in [1.807, 2.05) is 13.0 Å². The smallest absolute Gasteiger partial charge is 0.129 e. The molecule has 0 amide bonds. The van der Waals surface area contributed by atoms with Crippen LogP contribution in [0.2, 0.25) is 0 Å². The zero-order chi connectivity index (χ0) is 12.7. The van der Waals surface area contributed by atoms with Crippen molar-refractivity contribution in [2.24, 2.45) is 0 Å². The van der Waals surface area contributed by atoms with Gasteiger partial charge >= 0.3 is 0 Å². The lowest BCUT2D eigenvalue weighted by molar-refractivity contribution is 0.206. The molecule has 1 unspecified atom stereocenters. The van der Waals surface area contributed by atoms with Gasteiger partial charge in [-0.25, -0.2) is 4.39 Å². The Morgan fingerprint density at radius 3 is 2.82 bits per heavy atom. The van der Waals surface area contributed by atoms with Crippen LogP contribution < -0.4 is 10.1 Å². The Morgan fingerprint density at radius 1 is 1.41 bits per heavy atom. The molecule has 1 atom stereocenters. The number of hydrogen-bond acceptors (Lipinski definition) is 2. The maximum absolute atomic E-state index is 13.3. The van der Waals surface area contributed by atoms with Crippen molar-refractivity contribution in [3.8, 4) is 5.75 Å². The Labute approximate surface area is 103 Å². The summed E-state index contributed by atoms with van der Waals surface area (Å²) in [5.74, 6) is 0.409. The molecule has 0 heterocycles. The van der Waals surface area contributed by atoms with Crippen LogP contribution >= 0.6 is 0 Å². The molecule has 96 valence electrons. The molecule has 1 aromatic carbocycles. The Hall–Kier alpha value is -1.09. The Bertz CT molecular complexity index is 341. The molecule has 1 aromatic rings. The Kier molecular flexibility index (Phi) is 5.98. The summed E-state index contributed by atoms with van der Waals surface area (Å²) < 4.78 is 19.0. The summed E-state index contributed by atoms with van der Waals surface area (Å²) in [5.41, 5.74) is 0.650. The summed E-state index contributed by atoms with van der Waals surface area (Å²) in [6.45, 7) is 7.86. The van der Waals surface area contributed by atoms with E-state index in [-0.39, 0.29) is 11.9 Å². The minimum Gasteiger partial charge on any atom is -0.491 e. The molecule has 0 aliphatic rings. The predicted octanol–water partition coefficient (Wildman–Crippen LogP) is 3.29. The summed E-state index contributed by atoms with van der Waals surface area (Å²) in [6, 6.07) is 5.02. The van der Waals surface area contributed by atoms with Gasteiger partial charge in [0.15, 0.2) is 0 Å². The van der Waals surface area contributed by atoms with Gasteiger partial charge in [-0.2, -0.15) is 0 Å². The first kappa shape index (κ1) is 14.0. The van der Waals surface area contributed by atoms with E-state index in [2.05, 4.69) is 12.2 Å². The van der Waals surface area contributed by atoms with E-state index in [9.17, 15) is 4.39 Å². The maximum Gasteiger partial charge on any atom is 0.129 e. The second-order valence-corrected chi connectivity index (χ2v) is 4.34. The number of benzene rings is 1. The largest absolute Gasteiger partial charge is 0.491 e. The SMILES string of the molecule is CCNCCCC(C)Oc1ccc(C)c(F)c1. The normalized spacial score (nSPS) is 12.5. The number of hydrogen-bond donors (Lipinski definition) is 1. The lowest BCUT2D eigenvalue weighted by atomic mass is 10.2. The van der Waals surface area contributed by atoms with Crippen molar-refractivity contribution < 1.29 is 9.13 Å². The number of nitrogens with one attached hydrogen (secondary N) is 1. The van der Waals surface area contributed by atoms with E-state index < -0.39 is 0 Å². The van der Waals surface area contributed by atoms with Crippen LogP contribution in [0.5, 0.6) is 5.75 Å². The van der Waals surface area contributed by atoms with Crippen molar-refractivity contribution in [2.75, 3.05) is 13.1 Å². The van der Waals surface area contributed by atoms with Gasteiger partial charge in [-0.05, 0) is 51.4 Å². The van der Waals surface area contributed by atoms with Crippen LogP contribution in [0, 0.1) is 12.7 Å². The highest BCUT2D eigenvalue weighted by molar-refractivity contribution is 5.28. The van der Waals surface area contributed by atoms with Crippen molar-refractivity contribution in [1.82, 2.24) is 5.32 Å². The molecule has 0 saturated heterocycles. The monoisotopic (exact) mass is 239 g/mol. The molecule has 0 spiro atoms. The maximum atomic E-state index is 13.3. The third-order valence-electron chi connectivity index (χ3n) is 2.69. The Balaban J connectivity index is 2.34. The molecule has 3 heteroatoms. The van der Waals surface area contributed by atoms with Gasteiger partial charge < -0.3 is 10.1 Å². The molecule has 0 aliphatic heterocycles. The number of ether oxygens (including phenoxy) is 1. The van der Waals surface area contributed by atoms with Crippen molar-refractivity contribution in [3.05, 3.63) is 29.6 Å². The second kappa shape index (κ2) is 7.28. The minimum atomic E-state index is -0.206. The van der Waals surface area contributed by atoms with Gasteiger partial charge in [0.1, 0.15) is 11.6 Å². The van der Waals surface area contributed by atoms with Gasteiger partial charge in [-0.1, -0.05) is 13.0 Å². The van der Waals surface area contributed by atoms with Crippen LogP contribution in [0.25, 0.3) is 0 Å². The lowest BCUT2D eigenvalue weighted by Crippen LogP contribution is -2.18. The zero-order valence-electron chi connectivity index (χ0n) is 10.9. The molecule has 17 heavy (non-hydrogen) atoms. The molecule has 2 nitrogen and oxygen atoms in total. The zero-order valence-corrected chi connectivity index (χ0v) is 10.9. The highest BCUT2D eigenvalue weighted by atomic mass is 19.1. The lowest BCUT2D eigenvalue weighted by Gasteiger charge is -2.15. The van der Waals surface area contributed by atoms with Gasteiger partial charge in [-0.15, -0.1) is 0 Å². The fourth-order valence-electron chi connectivity index (χ4n) is 1.63. The van der Waals surface area contributed by atoms with Gasteiger partial charge in [0.2, 0.25) is 0 Å². The summed E-state index contributed by atoms with van der Waals surface area (Å²) in [5, 5.41) is 3.27. The van der Waals surface area contributed by atoms with Crippen LogP contribution in [0.1, 0.15) is 32.3 Å². The van der Waals surface area contributed by atoms with Gasteiger partial charge in [0.25, 0.3) is 0 Å². The molecule has 0 bridgehead atoms. The van der Waals surface area contributed by atoms with Gasteiger partial charge in [0, 0.05) is 6.07 Å². The molecule has 0 saturated carbocycles. The van der Waals surface area contributed by atoms with Gasteiger partial charge in [0.05, 0.1) is 6.10 Å². The first-order valence-corrected chi connectivity index (χ1v) is 6.27. The first-order valence-electron chi connectivity index (χ1n) is 6.27. The highest BCUT2D eigenvalue weighted by Gasteiger charge is 2.05. The highest BCUT2D eigenvalue weighted by Crippen LogP contribution is 2.18. The van der Waals surface area contributed by atoms with Crippen LogP contribution in [-0.4, -0.2) is 19.2 Å². The molecule has 0 radical (unpaired) electrons. The molecule has 1 rings (SSSR count). The van der Waals surface area contributed by atoms with Crippen molar-refractivity contribution >= 4 is 0 Å². The van der Waals surface area contributed by atoms with Crippen LogP contribution in [0.3, 0.4) is 0 Å². The molecular formula is C14H22FNO. The molecule has 1 N–H and O–H groups in total. The van der Waals surface area contributed by atoms with E-state index >= 15 is 0 Å². The third kappa shape index (κ3) is 5.18. The predicted molar refractivity (Wildman–Crippen MR) is 69.0 cm³/mol. The standard InChI is InChI=1S/C14H22FNO/c1-4-16-9-5-6-12(3)17-13-8-7-11(2)14(15)10-13/h7-8,10,12,16H,4-6,9H2,1-3H3. The van der Waals surface area contributed by atoms with E-state index in [0.717, 1.165) is 25.9 Å². The quantitative estimate of drug-likeness (QED) is 0.737. The third-order valence-corrected chi connectivity index (χ3v) is 2.69. The van der Waals surface area contributed by atoms with Crippen molar-refractivity contribution in [2.45, 2.75) is 39.7 Å². The number of aryl methyl sites for hydroxylation is 1. The topological polar surface area (TPSA) is 21.3 Å². The molecule has 0 aromatic heterocycles. The fourth-order valence-corrected chi connectivity index (χ4v) is 1.63. The van der Waals surface area contributed by atoms with Crippen LogP contribution in [-0.2, 0) is 0 Å². The summed E-state index contributed by atoms with van der Waals surface area (Å²) in [7, 11) is 0.